The Morgan fingerprint density at radius 1 is 0.897 bits per heavy atom. The van der Waals surface area contributed by atoms with E-state index in [1.54, 1.807) is 30.3 Å². The highest BCUT2D eigenvalue weighted by molar-refractivity contribution is 5.93. The van der Waals surface area contributed by atoms with Gasteiger partial charge in [-0.2, -0.15) is 0 Å². The maximum absolute atomic E-state index is 12.7. The van der Waals surface area contributed by atoms with Gasteiger partial charge in [0.25, 0.3) is 0 Å². The minimum atomic E-state index is -0.597. The number of carbonyl (C=O) groups excluding carboxylic acids is 3. The largest absolute Gasteiger partial charge is 0.494 e. The normalized spacial score (nSPS) is 16.7. The van der Waals surface area contributed by atoms with E-state index in [-0.39, 0.29) is 28.9 Å². The molecule has 2 aromatic carbocycles. The third-order valence-corrected chi connectivity index (χ3v) is 7.06. The zero-order chi connectivity index (χ0) is 27.9. The summed E-state index contributed by atoms with van der Waals surface area (Å²) in [5.74, 6) is 0.730. The number of rotatable bonds is 16. The lowest BCUT2D eigenvalue weighted by Gasteiger charge is -2.26. The zero-order valence-corrected chi connectivity index (χ0v) is 22.9. The van der Waals surface area contributed by atoms with Crippen molar-refractivity contribution in [3.8, 4) is 17.2 Å². The Morgan fingerprint density at radius 2 is 1.59 bits per heavy atom. The standard InChI is InChI=1S/C32H40O7/c1-3-19-36-20-7-5-6-8-21-37-28-15-13-26(14-16-28)32(35)39-30-18-17-29(22-27(30)23-33)38-31(34)25-11-9-24(4-2)10-12-25/h3,13-18,22-25H,1,4-12,19-21H2,2H3. The van der Waals surface area contributed by atoms with Gasteiger partial charge in [0, 0.05) is 6.61 Å². The summed E-state index contributed by atoms with van der Waals surface area (Å²) in [5, 5.41) is 0. The Morgan fingerprint density at radius 3 is 2.26 bits per heavy atom. The van der Waals surface area contributed by atoms with Gasteiger partial charge >= 0.3 is 11.9 Å². The van der Waals surface area contributed by atoms with E-state index in [2.05, 4.69) is 13.5 Å². The molecule has 0 radical (unpaired) electrons. The predicted octanol–water partition coefficient (Wildman–Crippen LogP) is 6.98. The molecule has 210 valence electrons. The summed E-state index contributed by atoms with van der Waals surface area (Å²) in [6, 6.07) is 11.1. The van der Waals surface area contributed by atoms with Crippen molar-refractivity contribution in [1.29, 1.82) is 0 Å². The van der Waals surface area contributed by atoms with Gasteiger partial charge in [-0.3, -0.25) is 9.59 Å². The van der Waals surface area contributed by atoms with E-state index in [0.29, 0.717) is 36.7 Å². The maximum Gasteiger partial charge on any atom is 0.343 e. The molecule has 0 bridgehead atoms. The SMILES string of the molecule is C=CCOCCCCCCOc1ccc(C(=O)Oc2ccc(OC(=O)C3CCC(CC)CC3)cc2C=O)cc1. The molecule has 7 heteroatoms. The molecule has 0 amide bonds. The van der Waals surface area contributed by atoms with Crippen LogP contribution in [0.25, 0.3) is 0 Å². The maximum atomic E-state index is 12.7. The van der Waals surface area contributed by atoms with E-state index in [9.17, 15) is 14.4 Å². The van der Waals surface area contributed by atoms with E-state index in [1.807, 2.05) is 0 Å². The second kappa shape index (κ2) is 16.5. The molecule has 2 aromatic rings. The quantitative estimate of drug-likeness (QED) is 0.0752. The summed E-state index contributed by atoms with van der Waals surface area (Å²) in [4.78, 5) is 36.9. The summed E-state index contributed by atoms with van der Waals surface area (Å²) < 4.78 is 22.1. The van der Waals surface area contributed by atoms with Crippen LogP contribution in [0.1, 0.15) is 85.4 Å². The molecule has 1 saturated carbocycles. The molecule has 0 aromatic heterocycles. The molecular formula is C32H40O7. The van der Waals surface area contributed by atoms with Gasteiger partial charge in [0.15, 0.2) is 6.29 Å². The molecule has 0 aliphatic heterocycles. The summed E-state index contributed by atoms with van der Waals surface area (Å²) in [6.45, 7) is 7.73. The van der Waals surface area contributed by atoms with Crippen molar-refractivity contribution in [3.05, 3.63) is 66.2 Å². The van der Waals surface area contributed by atoms with Crippen molar-refractivity contribution in [2.45, 2.75) is 64.7 Å². The van der Waals surface area contributed by atoms with Gasteiger partial charge in [0.2, 0.25) is 0 Å². The fourth-order valence-corrected chi connectivity index (χ4v) is 4.64. The molecule has 0 N–H and O–H groups in total. The van der Waals surface area contributed by atoms with Gasteiger partial charge in [0.05, 0.1) is 30.3 Å². The van der Waals surface area contributed by atoms with Crippen LogP contribution in [0.2, 0.25) is 0 Å². The highest BCUT2D eigenvalue weighted by Crippen LogP contribution is 2.32. The van der Waals surface area contributed by atoms with Crippen molar-refractivity contribution >= 4 is 18.2 Å². The molecule has 0 spiro atoms. The smallest absolute Gasteiger partial charge is 0.343 e. The third-order valence-electron chi connectivity index (χ3n) is 7.06. The van der Waals surface area contributed by atoms with Crippen molar-refractivity contribution in [1.82, 2.24) is 0 Å². The third kappa shape index (κ3) is 9.98. The number of aldehydes is 1. The first kappa shape index (κ1) is 30.1. The second-order valence-corrected chi connectivity index (χ2v) is 9.90. The molecule has 0 heterocycles. The Bertz CT molecular complexity index is 1070. The van der Waals surface area contributed by atoms with Crippen LogP contribution in [0.15, 0.2) is 55.1 Å². The first-order chi connectivity index (χ1) is 19.0. The lowest BCUT2D eigenvalue weighted by molar-refractivity contribution is -0.140. The highest BCUT2D eigenvalue weighted by atomic mass is 16.5. The van der Waals surface area contributed by atoms with Gasteiger partial charge in [-0.25, -0.2) is 4.79 Å². The summed E-state index contributed by atoms with van der Waals surface area (Å²) >= 11 is 0. The molecule has 7 nitrogen and oxygen atoms in total. The number of unbranched alkanes of at least 4 members (excludes halogenated alkanes) is 3. The van der Waals surface area contributed by atoms with Crippen LogP contribution in [-0.4, -0.2) is 38.0 Å². The minimum absolute atomic E-state index is 0.105. The number of carbonyl (C=O) groups is 3. The summed E-state index contributed by atoms with van der Waals surface area (Å²) in [7, 11) is 0. The van der Waals surface area contributed by atoms with Gasteiger partial charge < -0.3 is 18.9 Å². The molecule has 3 rings (SSSR count). The van der Waals surface area contributed by atoms with Crippen LogP contribution in [0, 0.1) is 11.8 Å². The van der Waals surface area contributed by atoms with Crippen LogP contribution in [0.3, 0.4) is 0 Å². The van der Waals surface area contributed by atoms with E-state index < -0.39 is 5.97 Å². The minimum Gasteiger partial charge on any atom is -0.494 e. The van der Waals surface area contributed by atoms with Crippen LogP contribution in [-0.2, 0) is 9.53 Å². The monoisotopic (exact) mass is 536 g/mol. The first-order valence-electron chi connectivity index (χ1n) is 14.0. The van der Waals surface area contributed by atoms with Crippen LogP contribution >= 0.6 is 0 Å². The molecule has 39 heavy (non-hydrogen) atoms. The zero-order valence-electron chi connectivity index (χ0n) is 22.9. The first-order valence-corrected chi connectivity index (χ1v) is 14.0. The molecule has 0 unspecified atom stereocenters. The molecule has 0 saturated heterocycles. The molecule has 1 aliphatic carbocycles. The Balaban J connectivity index is 1.44. The van der Waals surface area contributed by atoms with Crippen molar-refractivity contribution < 1.29 is 33.3 Å². The Hall–Kier alpha value is -3.45. The molecule has 0 atom stereocenters. The lowest BCUT2D eigenvalue weighted by atomic mass is 9.81. The van der Waals surface area contributed by atoms with Crippen molar-refractivity contribution in [3.63, 3.8) is 0 Å². The van der Waals surface area contributed by atoms with Crippen LogP contribution < -0.4 is 14.2 Å². The molecule has 1 fully saturated rings. The number of esters is 2. The fraction of sp³-hybridized carbons (Fsp3) is 0.469. The number of benzene rings is 2. The number of ether oxygens (including phenoxy) is 4. The molecular weight excluding hydrogens is 496 g/mol. The Kier molecular flexibility index (Phi) is 12.7. The van der Waals surface area contributed by atoms with Crippen LogP contribution in [0.4, 0.5) is 0 Å². The summed E-state index contributed by atoms with van der Waals surface area (Å²) in [6.07, 6.45) is 11.3. The van der Waals surface area contributed by atoms with Crippen LogP contribution in [0.5, 0.6) is 17.2 Å². The predicted molar refractivity (Wildman–Crippen MR) is 150 cm³/mol. The Labute approximate surface area is 231 Å². The molecule has 1 aliphatic rings. The van der Waals surface area contributed by atoms with Gasteiger partial charge in [-0.05, 0) is 93.3 Å². The highest BCUT2D eigenvalue weighted by Gasteiger charge is 2.27. The number of hydrogen-bond acceptors (Lipinski definition) is 7. The van der Waals surface area contributed by atoms with E-state index in [0.717, 1.165) is 64.4 Å². The topological polar surface area (TPSA) is 88.1 Å². The van der Waals surface area contributed by atoms with E-state index in [1.165, 1.54) is 18.2 Å². The average molecular weight is 537 g/mol. The van der Waals surface area contributed by atoms with E-state index >= 15 is 0 Å². The van der Waals surface area contributed by atoms with Gasteiger partial charge in [-0.1, -0.05) is 25.8 Å². The van der Waals surface area contributed by atoms with Gasteiger partial charge in [-0.15, -0.1) is 6.58 Å². The second-order valence-electron chi connectivity index (χ2n) is 9.90. The van der Waals surface area contributed by atoms with Crippen molar-refractivity contribution in [2.75, 3.05) is 19.8 Å². The summed E-state index contributed by atoms with van der Waals surface area (Å²) in [5.41, 5.74) is 0.465. The lowest BCUT2D eigenvalue weighted by Crippen LogP contribution is -2.25. The van der Waals surface area contributed by atoms with Crippen molar-refractivity contribution in [2.24, 2.45) is 11.8 Å². The average Bonchev–Trinajstić information content (AvgIpc) is 2.97. The van der Waals surface area contributed by atoms with Gasteiger partial charge in [0.1, 0.15) is 17.2 Å². The number of hydrogen-bond donors (Lipinski definition) is 0. The van der Waals surface area contributed by atoms with E-state index in [4.69, 9.17) is 18.9 Å². The fourth-order valence-electron chi connectivity index (χ4n) is 4.64.